The molecule has 0 aliphatic rings. The van der Waals surface area contributed by atoms with Crippen LogP contribution in [-0.4, -0.2) is 24.5 Å². The van der Waals surface area contributed by atoms with Gasteiger partial charge >= 0.3 is 0 Å². The highest BCUT2D eigenvalue weighted by molar-refractivity contribution is 6.31. The molecule has 0 unspecified atom stereocenters. The van der Waals surface area contributed by atoms with Gasteiger partial charge in [0.25, 0.3) is 5.91 Å². The summed E-state index contributed by atoms with van der Waals surface area (Å²) in [5.41, 5.74) is 2.39. The number of ether oxygens (including phenoxy) is 1. The molecule has 0 spiro atoms. The molecular weight excluding hydrogens is 288 g/mol. The maximum Gasteiger partial charge on any atom is 0.264 e. The van der Waals surface area contributed by atoms with Crippen molar-refractivity contribution < 1.29 is 9.53 Å². The Hall–Kier alpha value is -2.07. The third-order valence-electron chi connectivity index (χ3n) is 3.14. The first-order valence-electron chi connectivity index (χ1n) is 6.57. The van der Waals surface area contributed by atoms with E-state index in [1.165, 1.54) is 0 Å². The zero-order valence-corrected chi connectivity index (χ0v) is 13.0. The predicted molar refractivity (Wildman–Crippen MR) is 84.1 cm³/mol. The summed E-state index contributed by atoms with van der Waals surface area (Å²) in [6.07, 6.45) is 0. The van der Waals surface area contributed by atoms with Gasteiger partial charge in [0, 0.05) is 18.8 Å². The predicted octanol–water partition coefficient (Wildman–Crippen LogP) is 3.39. The Bertz CT molecular complexity index is 621. The quantitative estimate of drug-likeness (QED) is 0.869. The van der Waals surface area contributed by atoms with Crippen LogP contribution in [0.3, 0.4) is 0 Å². The van der Waals surface area contributed by atoms with Crippen LogP contribution in [0.4, 0.5) is 5.69 Å². The van der Waals surface area contributed by atoms with E-state index in [0.29, 0.717) is 16.6 Å². The van der Waals surface area contributed by atoms with Crippen LogP contribution in [0, 0.1) is 13.8 Å². The summed E-state index contributed by atoms with van der Waals surface area (Å²) in [5, 5.41) is 0.620. The molecule has 0 saturated heterocycles. The molecule has 0 saturated carbocycles. The van der Waals surface area contributed by atoms with E-state index < -0.39 is 0 Å². The van der Waals surface area contributed by atoms with Gasteiger partial charge in [-0.3, -0.25) is 4.79 Å². The summed E-state index contributed by atoms with van der Waals surface area (Å²) >= 11 is 6.05. The van der Waals surface area contributed by atoms with E-state index in [9.17, 15) is 4.79 Å². The van der Waals surface area contributed by atoms with Gasteiger partial charge < -0.3 is 9.64 Å². The van der Waals surface area contributed by atoms with Gasteiger partial charge in [0.15, 0.2) is 6.61 Å². The molecule has 1 aromatic carbocycles. The Morgan fingerprint density at radius 1 is 1.29 bits per heavy atom. The first-order valence-corrected chi connectivity index (χ1v) is 6.95. The third kappa shape index (κ3) is 3.73. The van der Waals surface area contributed by atoms with Gasteiger partial charge in [-0.1, -0.05) is 29.8 Å². The van der Waals surface area contributed by atoms with Gasteiger partial charge in [0.1, 0.15) is 0 Å². The number of aromatic nitrogens is 1. The number of aryl methyl sites for hydroxylation is 2. The second-order valence-electron chi connectivity index (χ2n) is 4.75. The highest BCUT2D eigenvalue weighted by atomic mass is 35.5. The zero-order valence-electron chi connectivity index (χ0n) is 12.3. The molecule has 4 nitrogen and oxygen atoms in total. The second kappa shape index (κ2) is 6.59. The molecule has 0 radical (unpaired) electrons. The molecule has 0 atom stereocenters. The molecule has 21 heavy (non-hydrogen) atoms. The van der Waals surface area contributed by atoms with Crippen molar-refractivity contribution in [1.29, 1.82) is 0 Å². The SMILES string of the molecule is Cc1cc(OCC(=O)N(C)c2ccccc2)nc(C)c1Cl. The van der Waals surface area contributed by atoms with Crippen molar-refractivity contribution in [2.45, 2.75) is 13.8 Å². The molecule has 5 heteroatoms. The van der Waals surface area contributed by atoms with E-state index in [2.05, 4.69) is 4.98 Å². The van der Waals surface area contributed by atoms with Crippen molar-refractivity contribution in [3.8, 4) is 5.88 Å². The summed E-state index contributed by atoms with van der Waals surface area (Å²) < 4.78 is 5.47. The summed E-state index contributed by atoms with van der Waals surface area (Å²) in [4.78, 5) is 17.9. The van der Waals surface area contributed by atoms with Crippen molar-refractivity contribution in [3.05, 3.63) is 52.7 Å². The van der Waals surface area contributed by atoms with Crippen molar-refractivity contribution in [2.75, 3.05) is 18.6 Å². The number of hydrogen-bond donors (Lipinski definition) is 0. The van der Waals surface area contributed by atoms with Crippen molar-refractivity contribution >= 4 is 23.2 Å². The molecule has 2 rings (SSSR count). The van der Waals surface area contributed by atoms with Crippen molar-refractivity contribution in [2.24, 2.45) is 0 Å². The second-order valence-corrected chi connectivity index (χ2v) is 5.13. The molecule has 0 aliphatic heterocycles. The van der Waals surface area contributed by atoms with E-state index in [-0.39, 0.29) is 12.5 Å². The van der Waals surface area contributed by atoms with Gasteiger partial charge in [-0.05, 0) is 31.5 Å². The number of para-hydroxylation sites is 1. The lowest BCUT2D eigenvalue weighted by molar-refractivity contribution is -0.120. The van der Waals surface area contributed by atoms with Crippen LogP contribution < -0.4 is 9.64 Å². The highest BCUT2D eigenvalue weighted by Gasteiger charge is 2.12. The molecule has 1 aromatic heterocycles. The number of amides is 1. The Morgan fingerprint density at radius 3 is 2.57 bits per heavy atom. The molecule has 2 aromatic rings. The topological polar surface area (TPSA) is 42.4 Å². The van der Waals surface area contributed by atoms with Gasteiger partial charge in [-0.2, -0.15) is 0 Å². The van der Waals surface area contributed by atoms with Gasteiger partial charge in [0.2, 0.25) is 5.88 Å². The van der Waals surface area contributed by atoms with Crippen LogP contribution in [0.2, 0.25) is 5.02 Å². The Balaban J connectivity index is 2.01. The number of rotatable bonds is 4. The number of carbonyl (C=O) groups excluding carboxylic acids is 1. The fourth-order valence-corrected chi connectivity index (χ4v) is 1.98. The number of nitrogens with zero attached hydrogens (tertiary/aromatic N) is 2. The number of hydrogen-bond acceptors (Lipinski definition) is 3. The normalized spacial score (nSPS) is 10.3. The fourth-order valence-electron chi connectivity index (χ4n) is 1.88. The Morgan fingerprint density at radius 2 is 1.95 bits per heavy atom. The number of benzene rings is 1. The summed E-state index contributed by atoms with van der Waals surface area (Å²) in [6.45, 7) is 3.61. The van der Waals surface area contributed by atoms with E-state index >= 15 is 0 Å². The summed E-state index contributed by atoms with van der Waals surface area (Å²) in [7, 11) is 1.72. The maximum absolute atomic E-state index is 12.1. The minimum absolute atomic E-state index is 0.0705. The van der Waals surface area contributed by atoms with Crippen molar-refractivity contribution in [1.82, 2.24) is 4.98 Å². The average Bonchev–Trinajstić information content (AvgIpc) is 2.50. The average molecular weight is 305 g/mol. The zero-order chi connectivity index (χ0) is 15.4. The van der Waals surface area contributed by atoms with E-state index in [4.69, 9.17) is 16.3 Å². The fraction of sp³-hybridized carbons (Fsp3) is 0.250. The van der Waals surface area contributed by atoms with Gasteiger partial charge in [-0.25, -0.2) is 4.98 Å². The monoisotopic (exact) mass is 304 g/mol. The first kappa shape index (κ1) is 15.3. The van der Waals surface area contributed by atoms with Crippen LogP contribution in [0.1, 0.15) is 11.3 Å². The van der Waals surface area contributed by atoms with Crippen molar-refractivity contribution in [3.63, 3.8) is 0 Å². The van der Waals surface area contributed by atoms with Crippen LogP contribution in [0.15, 0.2) is 36.4 Å². The molecule has 110 valence electrons. The third-order valence-corrected chi connectivity index (χ3v) is 3.71. The standard InChI is InChI=1S/C16H17ClN2O2/c1-11-9-14(18-12(2)16(11)17)21-10-15(20)19(3)13-7-5-4-6-8-13/h4-9H,10H2,1-3H3. The molecule has 1 heterocycles. The lowest BCUT2D eigenvalue weighted by Crippen LogP contribution is -2.31. The minimum atomic E-state index is -0.145. The number of carbonyl (C=O) groups is 1. The summed E-state index contributed by atoms with van der Waals surface area (Å²) in [6, 6.07) is 11.1. The Kier molecular flexibility index (Phi) is 4.81. The smallest absolute Gasteiger partial charge is 0.264 e. The first-order chi connectivity index (χ1) is 9.99. The molecule has 0 aliphatic carbocycles. The molecule has 0 bridgehead atoms. The maximum atomic E-state index is 12.1. The lowest BCUT2D eigenvalue weighted by Gasteiger charge is -2.17. The van der Waals surface area contributed by atoms with E-state index in [0.717, 1.165) is 11.3 Å². The number of halogens is 1. The summed E-state index contributed by atoms with van der Waals surface area (Å²) in [5.74, 6) is 0.262. The number of likely N-dealkylation sites (N-methyl/N-ethyl adjacent to an activating group) is 1. The van der Waals surface area contributed by atoms with Gasteiger partial charge in [-0.15, -0.1) is 0 Å². The van der Waals surface area contributed by atoms with E-state index in [1.807, 2.05) is 37.3 Å². The molecule has 0 fully saturated rings. The molecule has 0 N–H and O–H groups in total. The number of pyridine rings is 1. The lowest BCUT2D eigenvalue weighted by atomic mass is 10.2. The van der Waals surface area contributed by atoms with Crippen LogP contribution in [0.25, 0.3) is 0 Å². The Labute approximate surface area is 129 Å². The molecule has 1 amide bonds. The van der Waals surface area contributed by atoms with E-state index in [1.54, 1.807) is 24.9 Å². The minimum Gasteiger partial charge on any atom is -0.468 e. The van der Waals surface area contributed by atoms with Crippen LogP contribution >= 0.6 is 11.6 Å². The van der Waals surface area contributed by atoms with Gasteiger partial charge in [0.05, 0.1) is 10.7 Å². The van der Waals surface area contributed by atoms with Crippen LogP contribution in [-0.2, 0) is 4.79 Å². The highest BCUT2D eigenvalue weighted by Crippen LogP contribution is 2.22. The number of anilines is 1. The van der Waals surface area contributed by atoms with Crippen LogP contribution in [0.5, 0.6) is 5.88 Å². The molecular formula is C16H17ClN2O2. The largest absolute Gasteiger partial charge is 0.468 e.